The lowest BCUT2D eigenvalue weighted by atomic mass is 9.86. The lowest BCUT2D eigenvalue weighted by Crippen LogP contribution is -2.14. The van der Waals surface area contributed by atoms with Crippen molar-refractivity contribution in [3.05, 3.63) is 71.8 Å². The van der Waals surface area contributed by atoms with E-state index in [1.807, 2.05) is 48.5 Å². The summed E-state index contributed by atoms with van der Waals surface area (Å²) in [5.74, 6) is 0.0458. The molecule has 2 N–H and O–H groups in total. The van der Waals surface area contributed by atoms with Gasteiger partial charge >= 0.3 is 0 Å². The predicted molar refractivity (Wildman–Crippen MR) is 98.7 cm³/mol. The molecule has 0 saturated carbocycles. The number of anilines is 1. The minimum absolute atomic E-state index is 0.0577. The first-order chi connectivity index (χ1) is 11.4. The molecule has 0 fully saturated rings. The van der Waals surface area contributed by atoms with Crippen LogP contribution in [0.3, 0.4) is 0 Å². The van der Waals surface area contributed by atoms with E-state index in [0.29, 0.717) is 11.3 Å². The van der Waals surface area contributed by atoms with Crippen molar-refractivity contribution in [3.8, 4) is 5.75 Å². The molecule has 24 heavy (non-hydrogen) atoms. The van der Waals surface area contributed by atoms with Gasteiger partial charge in [0.15, 0.2) is 0 Å². The minimum atomic E-state index is -0.161. The maximum absolute atomic E-state index is 12.5. The Bertz CT molecular complexity index is 890. The summed E-state index contributed by atoms with van der Waals surface area (Å²) >= 11 is 0. The van der Waals surface area contributed by atoms with E-state index in [2.05, 4.69) is 26.1 Å². The van der Waals surface area contributed by atoms with Crippen LogP contribution in [0, 0.1) is 0 Å². The average molecular weight is 319 g/mol. The second-order valence-corrected chi connectivity index (χ2v) is 6.96. The van der Waals surface area contributed by atoms with Gasteiger partial charge in [-0.2, -0.15) is 0 Å². The van der Waals surface area contributed by atoms with E-state index >= 15 is 0 Å². The van der Waals surface area contributed by atoms with E-state index in [0.717, 1.165) is 10.8 Å². The molecule has 0 spiro atoms. The summed E-state index contributed by atoms with van der Waals surface area (Å²) in [6.07, 6.45) is 0. The first-order valence-electron chi connectivity index (χ1n) is 7.99. The number of fused-ring (bicyclic) bond motifs is 1. The molecule has 0 aliphatic heterocycles. The number of rotatable bonds is 2. The Morgan fingerprint density at radius 2 is 1.50 bits per heavy atom. The van der Waals surface area contributed by atoms with Crippen LogP contribution >= 0.6 is 0 Å². The third-order valence-electron chi connectivity index (χ3n) is 4.16. The van der Waals surface area contributed by atoms with Crippen molar-refractivity contribution >= 4 is 22.4 Å². The number of carbonyl (C=O) groups is 1. The Morgan fingerprint density at radius 1 is 0.875 bits per heavy atom. The first-order valence-corrected chi connectivity index (χ1v) is 7.99. The second kappa shape index (κ2) is 6.00. The molecular weight excluding hydrogens is 298 g/mol. The van der Waals surface area contributed by atoms with Crippen molar-refractivity contribution in [1.29, 1.82) is 0 Å². The molecule has 0 saturated heterocycles. The monoisotopic (exact) mass is 319 g/mol. The number of hydrogen-bond acceptors (Lipinski definition) is 2. The van der Waals surface area contributed by atoms with Gasteiger partial charge in [0.05, 0.1) is 0 Å². The predicted octanol–water partition coefficient (Wildman–Crippen LogP) is 5.10. The van der Waals surface area contributed by atoms with Crippen LogP contribution in [0.1, 0.15) is 36.7 Å². The molecule has 3 rings (SSSR count). The number of amides is 1. The lowest BCUT2D eigenvalue weighted by molar-refractivity contribution is 0.102. The van der Waals surface area contributed by atoms with Gasteiger partial charge in [-0.15, -0.1) is 0 Å². The van der Waals surface area contributed by atoms with Crippen LogP contribution in [0.25, 0.3) is 10.8 Å². The van der Waals surface area contributed by atoms with Gasteiger partial charge in [-0.05, 0) is 35.2 Å². The zero-order valence-corrected chi connectivity index (χ0v) is 14.1. The fourth-order valence-corrected chi connectivity index (χ4v) is 2.72. The summed E-state index contributed by atoms with van der Waals surface area (Å²) in [5.41, 5.74) is 2.55. The van der Waals surface area contributed by atoms with Gasteiger partial charge in [0, 0.05) is 22.0 Å². The third kappa shape index (κ3) is 3.11. The maximum atomic E-state index is 12.5. The zero-order chi connectivity index (χ0) is 17.3. The van der Waals surface area contributed by atoms with Crippen molar-refractivity contribution in [2.75, 3.05) is 5.32 Å². The summed E-state index contributed by atoms with van der Waals surface area (Å²) < 4.78 is 0. The Hall–Kier alpha value is -2.81. The number of hydrogen-bond donors (Lipinski definition) is 2. The first kappa shape index (κ1) is 16.1. The summed E-state index contributed by atoms with van der Waals surface area (Å²) in [6.45, 7) is 6.43. The molecule has 3 heteroatoms. The van der Waals surface area contributed by atoms with Crippen LogP contribution in [0.5, 0.6) is 5.75 Å². The number of nitrogens with one attached hydrogen (secondary N) is 1. The molecule has 3 nitrogen and oxygen atoms in total. The molecule has 0 unspecified atom stereocenters. The van der Waals surface area contributed by atoms with E-state index in [9.17, 15) is 9.90 Å². The molecule has 0 bridgehead atoms. The van der Waals surface area contributed by atoms with Crippen LogP contribution in [0.2, 0.25) is 0 Å². The van der Waals surface area contributed by atoms with Crippen molar-refractivity contribution in [3.63, 3.8) is 0 Å². The number of aromatic hydroxyl groups is 1. The van der Waals surface area contributed by atoms with E-state index < -0.39 is 0 Å². The quantitative estimate of drug-likeness (QED) is 0.691. The highest BCUT2D eigenvalue weighted by molar-refractivity contribution is 6.09. The van der Waals surface area contributed by atoms with Crippen molar-refractivity contribution in [1.82, 2.24) is 0 Å². The van der Waals surface area contributed by atoms with Gasteiger partial charge in [-0.3, -0.25) is 4.79 Å². The fraction of sp³-hybridized carbons (Fsp3) is 0.190. The molecule has 0 aliphatic carbocycles. The molecule has 0 atom stereocenters. The Kier molecular flexibility index (Phi) is 4.02. The van der Waals surface area contributed by atoms with Gasteiger partial charge in [0.1, 0.15) is 5.75 Å². The molecule has 0 radical (unpaired) electrons. The molecule has 3 aromatic carbocycles. The standard InChI is InChI=1S/C21H21NO2/c1-21(2,3)15-12-10-14(11-13-15)20(24)22-18-8-4-7-17-16(18)6-5-9-19(17)23/h4-13,23H,1-3H3,(H,22,24). The minimum Gasteiger partial charge on any atom is -0.507 e. The smallest absolute Gasteiger partial charge is 0.255 e. The van der Waals surface area contributed by atoms with Crippen molar-refractivity contribution in [2.24, 2.45) is 0 Å². The van der Waals surface area contributed by atoms with Gasteiger partial charge in [0.25, 0.3) is 5.91 Å². The van der Waals surface area contributed by atoms with Crippen LogP contribution in [0.4, 0.5) is 5.69 Å². The molecule has 1 amide bonds. The summed E-state index contributed by atoms with van der Waals surface area (Å²) in [4.78, 5) is 12.5. The number of carbonyl (C=O) groups excluding carboxylic acids is 1. The second-order valence-electron chi connectivity index (χ2n) is 6.96. The van der Waals surface area contributed by atoms with Crippen LogP contribution in [0.15, 0.2) is 60.7 Å². The highest BCUT2D eigenvalue weighted by Gasteiger charge is 2.15. The molecule has 122 valence electrons. The van der Waals surface area contributed by atoms with E-state index in [1.165, 1.54) is 5.56 Å². The molecule has 0 aliphatic rings. The van der Waals surface area contributed by atoms with Crippen LogP contribution < -0.4 is 5.32 Å². The van der Waals surface area contributed by atoms with Gasteiger partial charge < -0.3 is 10.4 Å². The van der Waals surface area contributed by atoms with Gasteiger partial charge in [-0.25, -0.2) is 0 Å². The average Bonchev–Trinajstić information content (AvgIpc) is 2.55. The number of phenolic OH excluding ortho intramolecular Hbond substituents is 1. The zero-order valence-electron chi connectivity index (χ0n) is 14.1. The van der Waals surface area contributed by atoms with Gasteiger partial charge in [0.2, 0.25) is 0 Å². The number of benzene rings is 3. The molecular formula is C21H21NO2. The fourth-order valence-electron chi connectivity index (χ4n) is 2.72. The van der Waals surface area contributed by atoms with Crippen LogP contribution in [-0.4, -0.2) is 11.0 Å². The number of phenols is 1. The third-order valence-corrected chi connectivity index (χ3v) is 4.16. The van der Waals surface area contributed by atoms with E-state index in [4.69, 9.17) is 0 Å². The lowest BCUT2D eigenvalue weighted by Gasteiger charge is -2.19. The highest BCUT2D eigenvalue weighted by atomic mass is 16.3. The summed E-state index contributed by atoms with van der Waals surface area (Å²) in [6, 6.07) is 18.4. The van der Waals surface area contributed by atoms with Crippen molar-refractivity contribution in [2.45, 2.75) is 26.2 Å². The summed E-state index contributed by atoms with van der Waals surface area (Å²) in [5, 5.41) is 14.4. The Balaban J connectivity index is 1.89. The Labute approximate surface area is 142 Å². The largest absolute Gasteiger partial charge is 0.507 e. The highest BCUT2D eigenvalue weighted by Crippen LogP contribution is 2.30. The topological polar surface area (TPSA) is 49.3 Å². The Morgan fingerprint density at radius 3 is 2.17 bits per heavy atom. The van der Waals surface area contributed by atoms with E-state index in [1.54, 1.807) is 12.1 Å². The molecule has 3 aromatic rings. The molecule has 0 aromatic heterocycles. The maximum Gasteiger partial charge on any atom is 0.255 e. The van der Waals surface area contributed by atoms with Gasteiger partial charge in [-0.1, -0.05) is 57.2 Å². The normalized spacial score (nSPS) is 11.5. The van der Waals surface area contributed by atoms with Crippen LogP contribution in [-0.2, 0) is 5.41 Å². The van der Waals surface area contributed by atoms with Crippen molar-refractivity contribution < 1.29 is 9.90 Å². The SMILES string of the molecule is CC(C)(C)c1ccc(C(=O)Nc2cccc3c(O)cccc23)cc1. The molecule has 0 heterocycles. The summed E-state index contributed by atoms with van der Waals surface area (Å²) in [7, 11) is 0. The van der Waals surface area contributed by atoms with E-state index in [-0.39, 0.29) is 17.1 Å².